The highest BCUT2D eigenvalue weighted by Crippen LogP contribution is 2.29. The fraction of sp³-hybridized carbons (Fsp3) is 0.625. The number of nitrogens with two attached hydrogens (primary N) is 1. The molecule has 2 unspecified atom stereocenters. The lowest BCUT2D eigenvalue weighted by Crippen LogP contribution is -2.42. The van der Waals surface area contributed by atoms with Gasteiger partial charge in [0.25, 0.3) is 0 Å². The van der Waals surface area contributed by atoms with E-state index in [1.807, 2.05) is 0 Å². The average Bonchev–Trinajstić information content (AvgIpc) is 2.36. The molecule has 0 spiro atoms. The Hall–Kier alpha value is -1.02. The van der Waals surface area contributed by atoms with Gasteiger partial charge in [-0.2, -0.15) is 0 Å². The minimum absolute atomic E-state index is 0.309. The van der Waals surface area contributed by atoms with Crippen molar-refractivity contribution < 1.29 is 0 Å². The van der Waals surface area contributed by atoms with Gasteiger partial charge < -0.3 is 10.6 Å². The number of rotatable bonds is 5. The number of fused-ring (bicyclic) bond motifs is 1. The second-order valence-corrected chi connectivity index (χ2v) is 5.75. The first-order valence-corrected chi connectivity index (χ1v) is 7.29. The summed E-state index contributed by atoms with van der Waals surface area (Å²) in [4.78, 5) is 2.49. The number of unbranched alkanes of at least 4 members (excludes halogenated alkanes) is 1. The summed E-state index contributed by atoms with van der Waals surface area (Å²) in [6.45, 7) is 6.71. The van der Waals surface area contributed by atoms with Gasteiger partial charge in [-0.3, -0.25) is 0 Å². The zero-order chi connectivity index (χ0) is 13.0. The van der Waals surface area contributed by atoms with E-state index < -0.39 is 0 Å². The molecule has 0 amide bonds. The van der Waals surface area contributed by atoms with Gasteiger partial charge in [-0.1, -0.05) is 44.9 Å². The fourth-order valence-corrected chi connectivity index (χ4v) is 2.92. The Bertz CT molecular complexity index is 375. The first-order chi connectivity index (χ1) is 8.70. The Morgan fingerprint density at radius 3 is 2.94 bits per heavy atom. The summed E-state index contributed by atoms with van der Waals surface area (Å²) in [6.07, 6.45) is 4.83. The van der Waals surface area contributed by atoms with Crippen molar-refractivity contribution in [1.29, 1.82) is 0 Å². The number of nitrogens with zero attached hydrogens (tertiary/aromatic N) is 1. The van der Waals surface area contributed by atoms with E-state index in [9.17, 15) is 0 Å². The maximum absolute atomic E-state index is 6.25. The van der Waals surface area contributed by atoms with Crippen LogP contribution in [0.2, 0.25) is 0 Å². The van der Waals surface area contributed by atoms with Gasteiger partial charge in [-0.25, -0.2) is 0 Å². The highest BCUT2D eigenvalue weighted by molar-refractivity contribution is 5.55. The molecule has 1 aromatic carbocycles. The maximum atomic E-state index is 6.25. The van der Waals surface area contributed by atoms with Crippen molar-refractivity contribution in [2.45, 2.75) is 45.6 Å². The summed E-state index contributed by atoms with van der Waals surface area (Å²) < 4.78 is 0. The predicted octanol–water partition coefficient (Wildman–Crippen LogP) is 3.20. The summed E-state index contributed by atoms with van der Waals surface area (Å²) in [6, 6.07) is 9.10. The Morgan fingerprint density at radius 1 is 1.39 bits per heavy atom. The fourth-order valence-electron chi connectivity index (χ4n) is 2.92. The Balaban J connectivity index is 2.04. The Morgan fingerprint density at radius 2 is 2.17 bits per heavy atom. The molecule has 2 atom stereocenters. The molecule has 0 saturated carbocycles. The summed E-state index contributed by atoms with van der Waals surface area (Å²) >= 11 is 0. The third-order valence-electron chi connectivity index (χ3n) is 3.82. The highest BCUT2D eigenvalue weighted by atomic mass is 15.2. The SMILES string of the molecule is CCCCC(N)CN1CC(C)Cc2ccccc21. The van der Waals surface area contributed by atoms with E-state index in [4.69, 9.17) is 5.73 Å². The van der Waals surface area contributed by atoms with Gasteiger partial charge in [0.05, 0.1) is 0 Å². The van der Waals surface area contributed by atoms with Crippen LogP contribution >= 0.6 is 0 Å². The van der Waals surface area contributed by atoms with Crippen molar-refractivity contribution in [3.63, 3.8) is 0 Å². The molecule has 0 bridgehead atoms. The zero-order valence-electron chi connectivity index (χ0n) is 11.7. The van der Waals surface area contributed by atoms with E-state index in [1.165, 1.54) is 30.5 Å². The maximum Gasteiger partial charge on any atom is 0.0399 e. The molecule has 2 N–H and O–H groups in total. The van der Waals surface area contributed by atoms with Gasteiger partial charge in [-0.15, -0.1) is 0 Å². The summed E-state index contributed by atoms with van der Waals surface area (Å²) in [5.74, 6) is 0.735. The molecule has 2 rings (SSSR count). The number of hydrogen-bond donors (Lipinski definition) is 1. The molecule has 0 radical (unpaired) electrons. The lowest BCUT2D eigenvalue weighted by Gasteiger charge is -2.36. The van der Waals surface area contributed by atoms with E-state index in [2.05, 4.69) is 43.0 Å². The van der Waals surface area contributed by atoms with Gasteiger partial charge >= 0.3 is 0 Å². The molecule has 100 valence electrons. The lowest BCUT2D eigenvalue weighted by atomic mass is 9.93. The van der Waals surface area contributed by atoms with Crippen LogP contribution in [0.3, 0.4) is 0 Å². The van der Waals surface area contributed by atoms with Crippen molar-refractivity contribution in [2.75, 3.05) is 18.0 Å². The summed E-state index contributed by atoms with van der Waals surface area (Å²) in [5, 5.41) is 0. The molecular formula is C16H26N2. The van der Waals surface area contributed by atoms with Crippen molar-refractivity contribution in [3.05, 3.63) is 29.8 Å². The van der Waals surface area contributed by atoms with Crippen molar-refractivity contribution >= 4 is 5.69 Å². The van der Waals surface area contributed by atoms with Crippen LogP contribution in [0.4, 0.5) is 5.69 Å². The van der Waals surface area contributed by atoms with Crippen LogP contribution in [0, 0.1) is 5.92 Å². The van der Waals surface area contributed by atoms with Crippen molar-refractivity contribution in [3.8, 4) is 0 Å². The second-order valence-electron chi connectivity index (χ2n) is 5.75. The monoisotopic (exact) mass is 246 g/mol. The third-order valence-corrected chi connectivity index (χ3v) is 3.82. The number of para-hydroxylation sites is 1. The van der Waals surface area contributed by atoms with Crippen LogP contribution in [-0.2, 0) is 6.42 Å². The zero-order valence-corrected chi connectivity index (χ0v) is 11.7. The van der Waals surface area contributed by atoms with Crippen LogP contribution in [0.1, 0.15) is 38.7 Å². The standard InChI is InChI=1S/C16H26N2/c1-3-4-8-15(17)12-18-11-13(2)10-14-7-5-6-9-16(14)18/h5-7,9,13,15H,3-4,8,10-12,17H2,1-2H3. The third kappa shape index (κ3) is 3.26. The highest BCUT2D eigenvalue weighted by Gasteiger charge is 2.22. The topological polar surface area (TPSA) is 29.3 Å². The molecule has 1 aromatic rings. The van der Waals surface area contributed by atoms with Crippen LogP contribution in [-0.4, -0.2) is 19.1 Å². The first kappa shape index (κ1) is 13.4. The molecule has 18 heavy (non-hydrogen) atoms. The smallest absolute Gasteiger partial charge is 0.0399 e. The molecule has 1 aliphatic rings. The van der Waals surface area contributed by atoms with Crippen molar-refractivity contribution in [2.24, 2.45) is 11.7 Å². The van der Waals surface area contributed by atoms with Gasteiger partial charge in [0.15, 0.2) is 0 Å². The Kier molecular flexibility index (Phi) is 4.65. The van der Waals surface area contributed by atoms with E-state index in [0.29, 0.717) is 6.04 Å². The first-order valence-electron chi connectivity index (χ1n) is 7.29. The average molecular weight is 246 g/mol. The molecule has 1 aliphatic heterocycles. The van der Waals surface area contributed by atoms with Gasteiger partial charge in [0.1, 0.15) is 0 Å². The van der Waals surface area contributed by atoms with Crippen LogP contribution < -0.4 is 10.6 Å². The lowest BCUT2D eigenvalue weighted by molar-refractivity contribution is 0.494. The second kappa shape index (κ2) is 6.24. The van der Waals surface area contributed by atoms with Gasteiger partial charge in [-0.05, 0) is 30.4 Å². The van der Waals surface area contributed by atoms with Crippen LogP contribution in [0.25, 0.3) is 0 Å². The normalized spacial score (nSPS) is 20.6. The van der Waals surface area contributed by atoms with Crippen LogP contribution in [0.15, 0.2) is 24.3 Å². The molecule has 0 aliphatic carbocycles. The largest absolute Gasteiger partial charge is 0.369 e. The van der Waals surface area contributed by atoms with E-state index in [-0.39, 0.29) is 0 Å². The molecule has 1 heterocycles. The molecule has 2 nitrogen and oxygen atoms in total. The molecule has 0 saturated heterocycles. The minimum atomic E-state index is 0.309. The van der Waals surface area contributed by atoms with Crippen molar-refractivity contribution in [1.82, 2.24) is 0 Å². The van der Waals surface area contributed by atoms with E-state index in [0.717, 1.165) is 25.4 Å². The van der Waals surface area contributed by atoms with Gasteiger partial charge in [0, 0.05) is 24.8 Å². The quantitative estimate of drug-likeness (QED) is 0.864. The van der Waals surface area contributed by atoms with E-state index in [1.54, 1.807) is 0 Å². The van der Waals surface area contributed by atoms with Gasteiger partial charge in [0.2, 0.25) is 0 Å². The molecular weight excluding hydrogens is 220 g/mol. The number of anilines is 1. The predicted molar refractivity (Wildman–Crippen MR) is 79.0 cm³/mol. The Labute approximate surface area is 111 Å². The molecule has 2 heteroatoms. The van der Waals surface area contributed by atoms with Crippen LogP contribution in [0.5, 0.6) is 0 Å². The number of benzene rings is 1. The number of hydrogen-bond acceptors (Lipinski definition) is 2. The molecule has 0 fully saturated rings. The molecule has 0 aromatic heterocycles. The minimum Gasteiger partial charge on any atom is -0.369 e. The van der Waals surface area contributed by atoms with E-state index >= 15 is 0 Å². The summed E-state index contributed by atoms with van der Waals surface area (Å²) in [7, 11) is 0. The summed E-state index contributed by atoms with van der Waals surface area (Å²) in [5.41, 5.74) is 9.14.